The summed E-state index contributed by atoms with van der Waals surface area (Å²) in [5.74, 6) is -0.00708. The minimum absolute atomic E-state index is 0.00708. The third-order valence-corrected chi connectivity index (χ3v) is 2.95. The van der Waals surface area contributed by atoms with Crippen LogP contribution in [0.1, 0.15) is 4.88 Å². The molecule has 0 aromatic carbocycles. The predicted octanol–water partition coefficient (Wildman–Crippen LogP) is 0.0447. The number of likely N-dealkylation sites (N-methyl/N-ethyl adjacent to an activating group) is 1. The molecule has 1 rings (SSSR count). The lowest BCUT2D eigenvalue weighted by atomic mass is 10.5. The first kappa shape index (κ1) is 11.9. The topological polar surface area (TPSA) is 57.3 Å². The number of aromatic nitrogens is 1. The quantitative estimate of drug-likeness (QED) is 0.747. The van der Waals surface area contributed by atoms with Gasteiger partial charge in [-0.05, 0) is 0 Å². The molecule has 84 valence electrons. The molecule has 5 nitrogen and oxygen atoms in total. The molecule has 1 aromatic heterocycles. The molecule has 1 aromatic rings. The van der Waals surface area contributed by atoms with E-state index in [9.17, 15) is 4.79 Å². The van der Waals surface area contributed by atoms with Gasteiger partial charge in [0.05, 0.1) is 6.54 Å². The molecule has 0 unspecified atom stereocenters. The van der Waals surface area contributed by atoms with E-state index in [0.29, 0.717) is 13.1 Å². The molecule has 0 fully saturated rings. The second-order valence-electron chi connectivity index (χ2n) is 3.28. The molecule has 0 aliphatic rings. The van der Waals surface area contributed by atoms with E-state index in [1.54, 1.807) is 18.4 Å². The van der Waals surface area contributed by atoms with Crippen LogP contribution in [0.15, 0.2) is 6.20 Å². The molecule has 1 amide bonds. The first-order chi connectivity index (χ1) is 7.13. The highest BCUT2D eigenvalue weighted by Gasteiger charge is 2.03. The highest BCUT2D eigenvalue weighted by molar-refractivity contribution is 7.15. The van der Waals surface area contributed by atoms with Gasteiger partial charge in [0.15, 0.2) is 5.13 Å². The van der Waals surface area contributed by atoms with Crippen molar-refractivity contribution in [1.82, 2.24) is 15.6 Å². The largest absolute Gasteiger partial charge is 0.358 e. The lowest BCUT2D eigenvalue weighted by Gasteiger charge is -2.05. The SMILES string of the molecule is CNC(=O)CNCc1cnc(N(C)C)s1. The number of amides is 1. The molecular formula is C9H16N4OS. The molecule has 15 heavy (non-hydrogen) atoms. The maximum Gasteiger partial charge on any atom is 0.233 e. The first-order valence-corrected chi connectivity index (χ1v) is 5.48. The van der Waals surface area contributed by atoms with Crippen LogP contribution in [0.4, 0.5) is 5.13 Å². The van der Waals surface area contributed by atoms with Gasteiger partial charge in [0.2, 0.25) is 5.91 Å². The molecule has 6 heteroatoms. The molecule has 0 aliphatic heterocycles. The molecule has 0 saturated carbocycles. The van der Waals surface area contributed by atoms with E-state index < -0.39 is 0 Å². The van der Waals surface area contributed by atoms with E-state index in [4.69, 9.17) is 0 Å². The lowest BCUT2D eigenvalue weighted by Crippen LogP contribution is -2.30. The molecule has 0 saturated heterocycles. The lowest BCUT2D eigenvalue weighted by molar-refractivity contribution is -0.119. The Morgan fingerprint density at radius 2 is 2.33 bits per heavy atom. The molecule has 0 spiro atoms. The van der Waals surface area contributed by atoms with Gasteiger partial charge >= 0.3 is 0 Å². The van der Waals surface area contributed by atoms with Gasteiger partial charge in [0, 0.05) is 38.8 Å². The second-order valence-corrected chi connectivity index (χ2v) is 4.37. The van der Waals surface area contributed by atoms with Crippen molar-refractivity contribution in [3.05, 3.63) is 11.1 Å². The van der Waals surface area contributed by atoms with Crippen molar-refractivity contribution in [1.29, 1.82) is 0 Å². The summed E-state index contributed by atoms with van der Waals surface area (Å²) in [5, 5.41) is 6.58. The fourth-order valence-electron chi connectivity index (χ4n) is 0.973. The van der Waals surface area contributed by atoms with Gasteiger partial charge in [0.25, 0.3) is 0 Å². The number of hydrogen-bond donors (Lipinski definition) is 2. The summed E-state index contributed by atoms with van der Waals surface area (Å²) >= 11 is 1.62. The fraction of sp³-hybridized carbons (Fsp3) is 0.556. The van der Waals surface area contributed by atoms with Crippen LogP contribution in [0.5, 0.6) is 0 Å². The van der Waals surface area contributed by atoms with Gasteiger partial charge in [-0.15, -0.1) is 11.3 Å². The van der Waals surface area contributed by atoms with Crippen molar-refractivity contribution in [2.24, 2.45) is 0 Å². The fourth-order valence-corrected chi connectivity index (χ4v) is 1.78. The van der Waals surface area contributed by atoms with Gasteiger partial charge in [-0.2, -0.15) is 0 Å². The van der Waals surface area contributed by atoms with Gasteiger partial charge in [0.1, 0.15) is 0 Å². The molecule has 0 radical (unpaired) electrons. The Morgan fingerprint density at radius 3 is 2.87 bits per heavy atom. The Kier molecular flexibility index (Phi) is 4.51. The summed E-state index contributed by atoms with van der Waals surface area (Å²) in [7, 11) is 5.54. The van der Waals surface area contributed by atoms with E-state index >= 15 is 0 Å². The summed E-state index contributed by atoms with van der Waals surface area (Å²) < 4.78 is 0. The Balaban J connectivity index is 2.34. The van der Waals surface area contributed by atoms with Crippen molar-refractivity contribution >= 4 is 22.4 Å². The third-order valence-electron chi connectivity index (χ3n) is 1.79. The van der Waals surface area contributed by atoms with E-state index in [-0.39, 0.29) is 5.91 Å². The van der Waals surface area contributed by atoms with E-state index in [1.807, 2.05) is 25.2 Å². The average Bonchev–Trinajstić information content (AvgIpc) is 2.66. The standard InChI is InChI=1S/C9H16N4OS/c1-10-8(14)6-11-4-7-5-12-9(15-7)13(2)3/h5,11H,4,6H2,1-3H3,(H,10,14). The Hall–Kier alpha value is -1.14. The summed E-state index contributed by atoms with van der Waals surface area (Å²) in [4.78, 5) is 18.3. The van der Waals surface area contributed by atoms with Crippen LogP contribution in [0, 0.1) is 0 Å². The van der Waals surface area contributed by atoms with Crippen LogP contribution in [0.25, 0.3) is 0 Å². The zero-order valence-corrected chi connectivity index (χ0v) is 10.0. The van der Waals surface area contributed by atoms with Crippen LogP contribution in [-0.2, 0) is 11.3 Å². The maximum atomic E-state index is 10.9. The number of carbonyl (C=O) groups is 1. The highest BCUT2D eigenvalue weighted by Crippen LogP contribution is 2.19. The molecule has 0 atom stereocenters. The minimum Gasteiger partial charge on any atom is -0.358 e. The summed E-state index contributed by atoms with van der Waals surface area (Å²) in [6.45, 7) is 1.02. The zero-order valence-electron chi connectivity index (χ0n) is 9.20. The third kappa shape index (κ3) is 3.85. The number of nitrogens with zero attached hydrogens (tertiary/aromatic N) is 2. The number of hydrogen-bond acceptors (Lipinski definition) is 5. The van der Waals surface area contributed by atoms with E-state index in [0.717, 1.165) is 10.0 Å². The number of anilines is 1. The highest BCUT2D eigenvalue weighted by atomic mass is 32.1. The number of carbonyl (C=O) groups excluding carboxylic acids is 1. The smallest absolute Gasteiger partial charge is 0.233 e. The minimum atomic E-state index is -0.00708. The van der Waals surface area contributed by atoms with Crippen molar-refractivity contribution in [2.45, 2.75) is 6.54 Å². The van der Waals surface area contributed by atoms with Gasteiger partial charge in [-0.1, -0.05) is 0 Å². The molecule has 1 heterocycles. The van der Waals surface area contributed by atoms with Crippen LogP contribution in [0.3, 0.4) is 0 Å². The van der Waals surface area contributed by atoms with Gasteiger partial charge in [-0.3, -0.25) is 4.79 Å². The van der Waals surface area contributed by atoms with Gasteiger partial charge in [-0.25, -0.2) is 4.98 Å². The van der Waals surface area contributed by atoms with E-state index in [2.05, 4.69) is 15.6 Å². The molecule has 0 bridgehead atoms. The van der Waals surface area contributed by atoms with Crippen molar-refractivity contribution in [2.75, 3.05) is 32.6 Å². The summed E-state index contributed by atoms with van der Waals surface area (Å²) in [6.07, 6.45) is 1.83. The summed E-state index contributed by atoms with van der Waals surface area (Å²) in [6, 6.07) is 0. The first-order valence-electron chi connectivity index (χ1n) is 4.67. The number of nitrogens with one attached hydrogen (secondary N) is 2. The monoisotopic (exact) mass is 228 g/mol. The predicted molar refractivity (Wildman–Crippen MR) is 62.2 cm³/mol. The van der Waals surface area contributed by atoms with Crippen molar-refractivity contribution in [3.63, 3.8) is 0 Å². The van der Waals surface area contributed by atoms with Crippen LogP contribution < -0.4 is 15.5 Å². The molecule has 2 N–H and O–H groups in total. The van der Waals surface area contributed by atoms with Crippen LogP contribution in [-0.4, -0.2) is 38.6 Å². The average molecular weight is 228 g/mol. The number of thiazole rings is 1. The van der Waals surface area contributed by atoms with Gasteiger partial charge < -0.3 is 15.5 Å². The normalized spacial score (nSPS) is 10.1. The second kappa shape index (κ2) is 5.67. The Labute approximate surface area is 93.5 Å². The Bertz CT molecular complexity index is 324. The van der Waals surface area contributed by atoms with Crippen molar-refractivity contribution in [3.8, 4) is 0 Å². The molecular weight excluding hydrogens is 212 g/mol. The van der Waals surface area contributed by atoms with Crippen LogP contribution in [0.2, 0.25) is 0 Å². The van der Waals surface area contributed by atoms with E-state index in [1.165, 1.54) is 0 Å². The van der Waals surface area contributed by atoms with Crippen molar-refractivity contribution < 1.29 is 4.79 Å². The van der Waals surface area contributed by atoms with Crippen LogP contribution >= 0.6 is 11.3 Å². The molecule has 0 aliphatic carbocycles. The Morgan fingerprint density at radius 1 is 1.60 bits per heavy atom. The zero-order chi connectivity index (χ0) is 11.3. The number of rotatable bonds is 5. The maximum absolute atomic E-state index is 10.9. The summed E-state index contributed by atoms with van der Waals surface area (Å²) in [5.41, 5.74) is 0.